The molecule has 1 heterocycles. The van der Waals surface area contributed by atoms with Crippen LogP contribution in [0.2, 0.25) is 0 Å². The van der Waals surface area contributed by atoms with Crippen LogP contribution in [0.1, 0.15) is 0 Å². The minimum absolute atomic E-state index is 0.843. The van der Waals surface area contributed by atoms with E-state index >= 15 is 0 Å². The zero-order valence-electron chi connectivity index (χ0n) is 9.79. The number of hydrogen-bond acceptors (Lipinski definition) is 2. The molecule has 0 spiro atoms. The molecule has 3 aromatic rings. The van der Waals surface area contributed by atoms with Gasteiger partial charge in [-0.1, -0.05) is 55.3 Å². The second kappa shape index (κ2) is 5.27. The van der Waals surface area contributed by atoms with Gasteiger partial charge in [0.1, 0.15) is 5.69 Å². The Labute approximate surface area is 127 Å². The molecule has 2 aromatic carbocycles. The molecule has 0 atom stereocenters. The smallest absolute Gasteiger partial charge is 0.114 e. The molecule has 0 unspecified atom stereocenters. The van der Waals surface area contributed by atoms with Gasteiger partial charge in [0.05, 0.1) is 11.9 Å². The first kappa shape index (κ1) is 12.6. The summed E-state index contributed by atoms with van der Waals surface area (Å²) in [5, 5.41) is 8.38. The molecule has 19 heavy (non-hydrogen) atoms. The number of rotatable bonds is 2. The van der Waals surface area contributed by atoms with Gasteiger partial charge in [-0.15, -0.1) is 5.10 Å². The van der Waals surface area contributed by atoms with E-state index in [0.717, 1.165) is 25.9 Å². The summed E-state index contributed by atoms with van der Waals surface area (Å²) in [5.74, 6) is 0. The summed E-state index contributed by atoms with van der Waals surface area (Å²) in [5.41, 5.74) is 2.86. The molecule has 5 heteroatoms. The molecule has 1 aromatic heterocycles. The van der Waals surface area contributed by atoms with Gasteiger partial charge in [0.25, 0.3) is 0 Å². The van der Waals surface area contributed by atoms with Gasteiger partial charge in [-0.05, 0) is 30.3 Å². The molecule has 0 aliphatic heterocycles. The molecule has 0 N–H and O–H groups in total. The van der Waals surface area contributed by atoms with Crippen LogP contribution in [0.15, 0.2) is 63.7 Å². The van der Waals surface area contributed by atoms with E-state index in [1.807, 2.05) is 54.7 Å². The lowest BCUT2D eigenvalue weighted by Crippen LogP contribution is -1.93. The number of hydrogen-bond donors (Lipinski definition) is 0. The van der Waals surface area contributed by atoms with Crippen molar-refractivity contribution in [3.8, 4) is 16.9 Å². The van der Waals surface area contributed by atoms with Crippen LogP contribution in [0.3, 0.4) is 0 Å². The van der Waals surface area contributed by atoms with Crippen LogP contribution in [0.4, 0.5) is 0 Å². The Morgan fingerprint density at radius 1 is 0.895 bits per heavy atom. The zero-order valence-corrected chi connectivity index (χ0v) is 13.0. The predicted octanol–water partition coefficient (Wildman–Crippen LogP) is 4.46. The lowest BCUT2D eigenvalue weighted by molar-refractivity contribution is 0.803. The fourth-order valence-electron chi connectivity index (χ4n) is 1.78. The second-order valence-corrected chi connectivity index (χ2v) is 5.77. The van der Waals surface area contributed by atoms with Crippen molar-refractivity contribution in [1.82, 2.24) is 15.0 Å². The first-order valence-electron chi connectivity index (χ1n) is 5.67. The van der Waals surface area contributed by atoms with E-state index in [-0.39, 0.29) is 0 Å². The second-order valence-electron chi connectivity index (χ2n) is 4.00. The highest BCUT2D eigenvalue weighted by Gasteiger charge is 2.07. The topological polar surface area (TPSA) is 30.7 Å². The number of halogens is 2. The molecule has 0 saturated carbocycles. The maximum absolute atomic E-state index is 4.22. The van der Waals surface area contributed by atoms with E-state index in [2.05, 4.69) is 42.2 Å². The summed E-state index contributed by atoms with van der Waals surface area (Å²) < 4.78 is 3.82. The summed E-state index contributed by atoms with van der Waals surface area (Å²) in [6, 6.07) is 15.9. The van der Waals surface area contributed by atoms with Crippen LogP contribution >= 0.6 is 31.9 Å². The lowest BCUT2D eigenvalue weighted by atomic mass is 10.2. The van der Waals surface area contributed by atoms with Crippen molar-refractivity contribution < 1.29 is 0 Å². The highest BCUT2D eigenvalue weighted by Crippen LogP contribution is 2.26. The summed E-state index contributed by atoms with van der Waals surface area (Å²) in [4.78, 5) is 0. The molecule has 0 fully saturated rings. The van der Waals surface area contributed by atoms with Crippen molar-refractivity contribution in [1.29, 1.82) is 0 Å². The van der Waals surface area contributed by atoms with Crippen molar-refractivity contribution in [2.24, 2.45) is 0 Å². The van der Waals surface area contributed by atoms with E-state index < -0.39 is 0 Å². The van der Waals surface area contributed by atoms with Crippen molar-refractivity contribution >= 4 is 31.9 Å². The molecule has 0 radical (unpaired) electrons. The third-order valence-corrected chi connectivity index (χ3v) is 3.95. The van der Waals surface area contributed by atoms with Crippen LogP contribution in [0.25, 0.3) is 16.9 Å². The Morgan fingerprint density at radius 3 is 2.37 bits per heavy atom. The van der Waals surface area contributed by atoms with Gasteiger partial charge in [0, 0.05) is 14.5 Å². The molecule has 0 bridgehead atoms. The molecule has 94 valence electrons. The van der Waals surface area contributed by atoms with Gasteiger partial charge in [-0.2, -0.15) is 0 Å². The first-order chi connectivity index (χ1) is 9.24. The van der Waals surface area contributed by atoms with Gasteiger partial charge >= 0.3 is 0 Å². The summed E-state index contributed by atoms with van der Waals surface area (Å²) in [6.07, 6.45) is 1.92. The largest absolute Gasteiger partial charge is 0.220 e. The molecule has 3 rings (SSSR count). The Kier molecular flexibility index (Phi) is 3.48. The Morgan fingerprint density at radius 2 is 1.63 bits per heavy atom. The summed E-state index contributed by atoms with van der Waals surface area (Å²) in [6.45, 7) is 0. The fraction of sp³-hybridized carbons (Fsp3) is 0. The van der Waals surface area contributed by atoms with Gasteiger partial charge in [0.2, 0.25) is 0 Å². The fourth-order valence-corrected chi connectivity index (χ4v) is 2.53. The van der Waals surface area contributed by atoms with Crippen LogP contribution in [-0.2, 0) is 0 Å². The molecule has 0 saturated heterocycles. The Balaban J connectivity index is 2.00. The Hall–Kier alpha value is -1.46. The molecule has 0 aliphatic rings. The molecular formula is C14H9Br2N3. The zero-order chi connectivity index (χ0) is 13.2. The monoisotopic (exact) mass is 377 g/mol. The SMILES string of the molecule is Brc1ccc(-n2cc(-c3ccccc3Br)nn2)cc1. The highest BCUT2D eigenvalue weighted by molar-refractivity contribution is 9.10. The third-order valence-electron chi connectivity index (χ3n) is 2.73. The quantitative estimate of drug-likeness (QED) is 0.659. The van der Waals surface area contributed by atoms with Crippen molar-refractivity contribution in [3.05, 3.63) is 63.7 Å². The van der Waals surface area contributed by atoms with Crippen molar-refractivity contribution in [3.63, 3.8) is 0 Å². The van der Waals surface area contributed by atoms with E-state index in [4.69, 9.17) is 0 Å². The Bertz CT molecular complexity index is 705. The van der Waals surface area contributed by atoms with Gasteiger partial charge in [-0.25, -0.2) is 4.68 Å². The summed E-state index contributed by atoms with van der Waals surface area (Å²) >= 11 is 6.94. The van der Waals surface area contributed by atoms with E-state index in [9.17, 15) is 0 Å². The third kappa shape index (κ3) is 2.62. The summed E-state index contributed by atoms with van der Waals surface area (Å²) in [7, 11) is 0. The first-order valence-corrected chi connectivity index (χ1v) is 7.26. The van der Waals surface area contributed by atoms with Gasteiger partial charge < -0.3 is 0 Å². The highest BCUT2D eigenvalue weighted by atomic mass is 79.9. The maximum atomic E-state index is 4.22. The van der Waals surface area contributed by atoms with Gasteiger partial charge in [0.15, 0.2) is 0 Å². The normalized spacial score (nSPS) is 10.6. The van der Waals surface area contributed by atoms with Crippen LogP contribution in [-0.4, -0.2) is 15.0 Å². The molecule has 0 aliphatic carbocycles. The van der Waals surface area contributed by atoms with Gasteiger partial charge in [-0.3, -0.25) is 0 Å². The average molecular weight is 379 g/mol. The van der Waals surface area contributed by atoms with Crippen LogP contribution in [0.5, 0.6) is 0 Å². The van der Waals surface area contributed by atoms with Crippen LogP contribution in [0, 0.1) is 0 Å². The number of nitrogens with zero attached hydrogens (tertiary/aromatic N) is 3. The minimum Gasteiger partial charge on any atom is -0.220 e. The number of aromatic nitrogens is 3. The minimum atomic E-state index is 0.843. The van der Waals surface area contributed by atoms with E-state index in [1.165, 1.54) is 0 Å². The molecular weight excluding hydrogens is 370 g/mol. The van der Waals surface area contributed by atoms with Crippen LogP contribution < -0.4 is 0 Å². The lowest BCUT2D eigenvalue weighted by Gasteiger charge is -2.00. The molecule has 0 amide bonds. The average Bonchev–Trinajstić information content (AvgIpc) is 2.89. The van der Waals surface area contributed by atoms with E-state index in [0.29, 0.717) is 0 Å². The predicted molar refractivity (Wildman–Crippen MR) is 82.2 cm³/mol. The number of benzene rings is 2. The van der Waals surface area contributed by atoms with Crippen molar-refractivity contribution in [2.75, 3.05) is 0 Å². The maximum Gasteiger partial charge on any atom is 0.114 e. The van der Waals surface area contributed by atoms with E-state index in [1.54, 1.807) is 4.68 Å². The molecule has 3 nitrogen and oxygen atoms in total. The van der Waals surface area contributed by atoms with Crippen molar-refractivity contribution in [2.45, 2.75) is 0 Å². The standard InChI is InChI=1S/C14H9Br2N3/c15-10-5-7-11(8-6-10)19-9-14(17-18-19)12-3-1-2-4-13(12)16/h1-9H.